The number of ether oxygens (including phenoxy) is 2. The van der Waals surface area contributed by atoms with Gasteiger partial charge in [0.1, 0.15) is 22.8 Å². The van der Waals surface area contributed by atoms with Crippen LogP contribution in [-0.4, -0.2) is 42.4 Å². The van der Waals surface area contributed by atoms with Gasteiger partial charge in [-0.3, -0.25) is 14.9 Å². The van der Waals surface area contributed by atoms with Crippen LogP contribution in [0.4, 0.5) is 16.3 Å². The molecule has 0 fully saturated rings. The van der Waals surface area contributed by atoms with Crippen LogP contribution in [0.3, 0.4) is 0 Å². The van der Waals surface area contributed by atoms with E-state index in [9.17, 15) is 9.59 Å². The highest BCUT2D eigenvalue weighted by Crippen LogP contribution is 2.36. The third-order valence-corrected chi connectivity index (χ3v) is 7.33. The zero-order valence-corrected chi connectivity index (χ0v) is 28.4. The minimum absolute atomic E-state index is 0.233. The van der Waals surface area contributed by atoms with Gasteiger partial charge in [0, 0.05) is 42.4 Å². The molecular weight excluding hydrogens is 697 g/mol. The number of aromatic amines is 1. The third-order valence-electron chi connectivity index (χ3n) is 7.33. The maximum absolute atomic E-state index is 13.4. The van der Waals surface area contributed by atoms with Crippen molar-refractivity contribution in [1.82, 2.24) is 24.3 Å². The highest BCUT2D eigenvalue weighted by atomic mass is 127. The van der Waals surface area contributed by atoms with Crippen LogP contribution >= 0.6 is 22.6 Å². The van der Waals surface area contributed by atoms with Gasteiger partial charge in [-0.05, 0) is 48.2 Å². The van der Waals surface area contributed by atoms with Crippen molar-refractivity contribution in [2.24, 2.45) is 0 Å². The number of amides is 2. The maximum Gasteiger partial charge on any atom is 0.327 e. The van der Waals surface area contributed by atoms with Crippen molar-refractivity contribution in [3.63, 3.8) is 0 Å². The number of carbonyl (C=O) groups excluding carboxylic acids is 1. The van der Waals surface area contributed by atoms with Crippen LogP contribution in [-0.2, 0) is 12.0 Å². The van der Waals surface area contributed by atoms with Crippen LogP contribution in [0.15, 0.2) is 83.8 Å². The van der Waals surface area contributed by atoms with E-state index in [4.69, 9.17) is 15.9 Å². The van der Waals surface area contributed by atoms with Crippen molar-refractivity contribution in [3.05, 3.63) is 95.2 Å². The number of imidazole rings is 1. The lowest BCUT2D eigenvalue weighted by Crippen LogP contribution is -2.21. The van der Waals surface area contributed by atoms with Crippen molar-refractivity contribution in [2.45, 2.75) is 39.7 Å². The van der Waals surface area contributed by atoms with Crippen LogP contribution in [0.25, 0.3) is 27.6 Å². The Labute approximate surface area is 281 Å². The summed E-state index contributed by atoms with van der Waals surface area (Å²) in [6, 6.07) is 21.9. The number of nitrogens with zero attached hydrogens (tertiary/aromatic N) is 4. The second-order valence-electron chi connectivity index (χ2n) is 11.3. The summed E-state index contributed by atoms with van der Waals surface area (Å²) in [5.74, 6) is 2.32. The fourth-order valence-corrected chi connectivity index (χ4v) is 5.06. The lowest BCUT2D eigenvalue weighted by atomic mass is 9.92. The zero-order valence-electron chi connectivity index (χ0n) is 27.2. The number of hydrogen-bond acceptors (Lipinski definition) is 6. The lowest BCUT2D eigenvalue weighted by molar-refractivity contribution is 0.262. The van der Waals surface area contributed by atoms with E-state index >= 15 is 0 Å². The Balaban J connectivity index is 0.00000139. The van der Waals surface area contributed by atoms with Gasteiger partial charge in [0.15, 0.2) is 11.4 Å². The molecular formula is C34H36IN7O4. The number of H-pyrrole nitrogens is 1. The summed E-state index contributed by atoms with van der Waals surface area (Å²) >= 11 is 1.96. The molecule has 0 unspecified atom stereocenters. The van der Waals surface area contributed by atoms with Crippen LogP contribution < -0.4 is 25.8 Å². The maximum atomic E-state index is 13.4. The van der Waals surface area contributed by atoms with Crippen molar-refractivity contribution in [3.8, 4) is 22.9 Å². The van der Waals surface area contributed by atoms with Crippen molar-refractivity contribution >= 4 is 62.1 Å². The molecule has 0 saturated heterocycles. The molecule has 0 aliphatic carbocycles. The van der Waals surface area contributed by atoms with E-state index in [-0.39, 0.29) is 11.1 Å². The first-order valence-electron chi connectivity index (χ1n) is 15.2. The van der Waals surface area contributed by atoms with E-state index in [2.05, 4.69) is 41.4 Å². The van der Waals surface area contributed by atoms with Crippen LogP contribution in [0.5, 0.6) is 17.2 Å². The number of halogens is 1. The number of alkyl halides is 1. The fraction of sp³-hybridized carbons (Fsp3) is 0.235. The van der Waals surface area contributed by atoms with Gasteiger partial charge in [0.2, 0.25) is 0 Å². The van der Waals surface area contributed by atoms with Gasteiger partial charge in [-0.2, -0.15) is 5.10 Å². The number of rotatable bonds is 7. The van der Waals surface area contributed by atoms with Gasteiger partial charge in [-0.15, -0.1) is 0 Å². The molecule has 46 heavy (non-hydrogen) atoms. The SMILES string of the molecule is CCn1c(=O)[nH]c2nccc(Oc3ccc(NC(=O)Nc4cc(C(C)(C)C)nn4-c4ccc(OC)cc4)c4ccccc34)c21.[2H]CI. The molecule has 6 aromatic rings. The largest absolute Gasteiger partial charge is 0.497 e. The molecule has 3 aromatic carbocycles. The summed E-state index contributed by atoms with van der Waals surface area (Å²) in [5.41, 5.74) is 2.78. The summed E-state index contributed by atoms with van der Waals surface area (Å²) in [6.07, 6.45) is 1.60. The first kappa shape index (κ1) is 31.1. The number of nitrogens with one attached hydrogen (secondary N) is 3. The Bertz CT molecular complexity index is 2080. The van der Waals surface area contributed by atoms with E-state index < -0.39 is 6.03 Å². The molecule has 0 bridgehead atoms. The summed E-state index contributed by atoms with van der Waals surface area (Å²) < 4.78 is 21.1. The summed E-state index contributed by atoms with van der Waals surface area (Å²) in [6.45, 7) is 8.57. The van der Waals surface area contributed by atoms with Gasteiger partial charge in [-0.1, -0.05) is 67.6 Å². The lowest BCUT2D eigenvalue weighted by Gasteiger charge is -2.15. The number of benzene rings is 3. The summed E-state index contributed by atoms with van der Waals surface area (Å²) in [7, 11) is 1.62. The average molecular weight is 735 g/mol. The minimum Gasteiger partial charge on any atom is -0.497 e. The van der Waals surface area contributed by atoms with Crippen molar-refractivity contribution < 1.29 is 15.6 Å². The Morgan fingerprint density at radius 3 is 2.41 bits per heavy atom. The number of methoxy groups -OCH3 is 1. The van der Waals surface area contributed by atoms with E-state index in [1.807, 2.05) is 84.1 Å². The average Bonchev–Trinajstić information content (AvgIpc) is 3.63. The Morgan fingerprint density at radius 1 is 1.02 bits per heavy atom. The second kappa shape index (κ2) is 13.6. The standard InChI is InChI=1S/C33H33N7O4.CH3I/c1-6-39-29-26(17-18-34-30(29)37-32(39)42)44-25-16-15-24(22-9-7-8-10-23(22)25)35-31(41)36-28-19-27(33(2,3)4)38-40(28)20-11-13-21(43-5)14-12-20;1-2/h7-19H,6H2,1-5H3,(H,34,37,42)(H2,35,36,41);1H3/i;1D. The van der Waals surface area contributed by atoms with Crippen molar-refractivity contribution in [2.75, 3.05) is 22.6 Å². The molecule has 11 nitrogen and oxygen atoms in total. The molecule has 0 radical (unpaired) electrons. The fourth-order valence-electron chi connectivity index (χ4n) is 5.06. The smallest absolute Gasteiger partial charge is 0.327 e. The molecule has 6 rings (SSSR count). The molecule has 0 aliphatic rings. The molecule has 0 saturated carbocycles. The monoisotopic (exact) mass is 734 g/mol. The van der Waals surface area contributed by atoms with Gasteiger partial charge < -0.3 is 14.8 Å². The number of anilines is 2. The quantitative estimate of drug-likeness (QED) is 0.113. The van der Waals surface area contributed by atoms with E-state index in [0.717, 1.165) is 27.9 Å². The molecule has 0 atom stereocenters. The summed E-state index contributed by atoms with van der Waals surface area (Å²) in [4.78, 5) is 33.3. The van der Waals surface area contributed by atoms with E-state index in [1.54, 1.807) is 40.8 Å². The van der Waals surface area contributed by atoms with E-state index in [1.165, 1.54) is 0 Å². The van der Waals surface area contributed by atoms with Crippen LogP contribution in [0, 0.1) is 0 Å². The summed E-state index contributed by atoms with van der Waals surface area (Å²) in [5, 5.41) is 12.3. The highest BCUT2D eigenvalue weighted by molar-refractivity contribution is 14.1. The molecule has 2 amide bonds. The first-order chi connectivity index (χ1) is 22.6. The number of hydrogen-bond donors (Lipinski definition) is 3. The topological polar surface area (TPSA) is 128 Å². The first-order valence-corrected chi connectivity index (χ1v) is 16.1. The number of pyridine rings is 1. The molecule has 12 heteroatoms. The molecule has 3 aromatic heterocycles. The second-order valence-corrected chi connectivity index (χ2v) is 11.3. The Kier molecular flexibility index (Phi) is 9.24. The van der Waals surface area contributed by atoms with Gasteiger partial charge >= 0.3 is 11.7 Å². The van der Waals surface area contributed by atoms with Gasteiger partial charge in [-0.25, -0.2) is 19.3 Å². The zero-order chi connectivity index (χ0) is 33.7. The van der Waals surface area contributed by atoms with Crippen molar-refractivity contribution in [1.29, 1.82) is 0 Å². The molecule has 3 N–H and O–H groups in total. The van der Waals surface area contributed by atoms with E-state index in [0.29, 0.717) is 45.6 Å². The number of urea groups is 1. The number of fused-ring (bicyclic) bond motifs is 2. The molecule has 0 spiro atoms. The number of aromatic nitrogens is 5. The predicted octanol–water partition coefficient (Wildman–Crippen LogP) is 7.88. The van der Waals surface area contributed by atoms with Gasteiger partial charge in [0.05, 0.1) is 24.2 Å². The molecule has 0 aliphatic heterocycles. The van der Waals surface area contributed by atoms with Crippen LogP contribution in [0.1, 0.15) is 34.8 Å². The third kappa shape index (κ3) is 6.57. The number of aryl methyl sites for hydroxylation is 1. The molecule has 3 heterocycles. The normalized spacial score (nSPS) is 11.5. The predicted molar refractivity (Wildman–Crippen MR) is 191 cm³/mol. The Hall–Kier alpha value is -4.85. The Morgan fingerprint density at radius 2 is 1.74 bits per heavy atom. The van der Waals surface area contributed by atoms with Gasteiger partial charge in [0.25, 0.3) is 0 Å². The molecule has 238 valence electrons. The minimum atomic E-state index is -0.422. The van der Waals surface area contributed by atoms with Crippen LogP contribution in [0.2, 0.25) is 0 Å². The highest BCUT2D eigenvalue weighted by Gasteiger charge is 2.22. The number of carbonyl (C=O) groups is 1.